The third-order valence-electron chi connectivity index (χ3n) is 1.93. The van der Waals surface area contributed by atoms with Crippen molar-refractivity contribution >= 4 is 0 Å². The van der Waals surface area contributed by atoms with Gasteiger partial charge in [0.1, 0.15) is 6.67 Å². The largest absolute Gasteiger partial charge is 0.573 e. The number of nitrogens with zero attached hydrogens (tertiary/aromatic N) is 1. The van der Waals surface area contributed by atoms with E-state index >= 15 is 0 Å². The van der Waals surface area contributed by atoms with Crippen molar-refractivity contribution in [2.75, 3.05) is 7.11 Å². The minimum Gasteiger partial charge on any atom is -0.491 e. The Morgan fingerprint density at radius 1 is 1.16 bits per heavy atom. The lowest BCUT2D eigenvalue weighted by Crippen LogP contribution is -2.21. The molecule has 1 aromatic rings. The summed E-state index contributed by atoms with van der Waals surface area (Å²) in [6, 6.07) is 0. The Kier molecular flexibility index (Phi) is 4.11. The summed E-state index contributed by atoms with van der Waals surface area (Å²) in [6.45, 7) is -1.84. The molecule has 0 aliphatic carbocycles. The van der Waals surface area contributed by atoms with E-state index in [1.165, 1.54) is 0 Å². The highest BCUT2D eigenvalue weighted by Gasteiger charge is 2.41. The second-order valence-electron chi connectivity index (χ2n) is 3.16. The molecule has 0 aromatic carbocycles. The summed E-state index contributed by atoms with van der Waals surface area (Å²) in [5, 5.41) is 0. The summed E-state index contributed by atoms with van der Waals surface area (Å²) in [7, 11) is 0.884. The van der Waals surface area contributed by atoms with Gasteiger partial charge in [0.25, 0.3) is 0 Å². The van der Waals surface area contributed by atoms with Gasteiger partial charge in [-0.05, 0) is 0 Å². The number of ether oxygens (including phenoxy) is 2. The van der Waals surface area contributed by atoms with Crippen LogP contribution in [-0.4, -0.2) is 18.5 Å². The van der Waals surface area contributed by atoms with Crippen LogP contribution in [0.3, 0.4) is 0 Å². The second kappa shape index (κ2) is 5.10. The molecule has 0 aliphatic heterocycles. The van der Waals surface area contributed by atoms with E-state index in [9.17, 15) is 30.7 Å². The summed E-state index contributed by atoms with van der Waals surface area (Å²) < 4.78 is 94.1. The molecular formula is C9H6F7NO2. The standard InChI is InChI=1S/C9H6F7NO2/c1-18-5-3-17-7(8(11,12)13)4(2-10)6(5)19-9(14,15)16/h3H,2H2,1H3. The first-order valence-corrected chi connectivity index (χ1v) is 4.55. The molecule has 0 saturated heterocycles. The zero-order valence-corrected chi connectivity index (χ0v) is 9.19. The molecule has 0 radical (unpaired) electrons. The number of aromatic nitrogens is 1. The molecule has 10 heteroatoms. The molecule has 0 aliphatic rings. The van der Waals surface area contributed by atoms with E-state index in [1.54, 1.807) is 0 Å². The van der Waals surface area contributed by atoms with E-state index in [-0.39, 0.29) is 0 Å². The molecule has 0 N–H and O–H groups in total. The number of hydrogen-bond donors (Lipinski definition) is 0. The van der Waals surface area contributed by atoms with Crippen LogP contribution >= 0.6 is 0 Å². The molecular weight excluding hydrogens is 287 g/mol. The first-order chi connectivity index (χ1) is 8.60. The molecule has 108 valence electrons. The van der Waals surface area contributed by atoms with Crippen LogP contribution in [0.2, 0.25) is 0 Å². The molecule has 0 amide bonds. The Morgan fingerprint density at radius 2 is 1.74 bits per heavy atom. The van der Waals surface area contributed by atoms with Crippen LogP contribution in [0.5, 0.6) is 11.5 Å². The lowest BCUT2D eigenvalue weighted by Gasteiger charge is -2.18. The van der Waals surface area contributed by atoms with Crippen molar-refractivity contribution in [3.8, 4) is 11.5 Å². The highest BCUT2D eigenvalue weighted by molar-refractivity contribution is 5.48. The van der Waals surface area contributed by atoms with Gasteiger partial charge in [-0.2, -0.15) is 13.2 Å². The summed E-state index contributed by atoms with van der Waals surface area (Å²) in [6.07, 6.45) is -10.0. The van der Waals surface area contributed by atoms with Crippen molar-refractivity contribution in [2.45, 2.75) is 19.2 Å². The van der Waals surface area contributed by atoms with E-state index in [2.05, 4.69) is 14.5 Å². The van der Waals surface area contributed by atoms with Gasteiger partial charge in [-0.15, -0.1) is 13.2 Å². The fraction of sp³-hybridized carbons (Fsp3) is 0.444. The first-order valence-electron chi connectivity index (χ1n) is 4.55. The Balaban J connectivity index is 3.46. The highest BCUT2D eigenvalue weighted by Crippen LogP contribution is 2.41. The molecule has 0 fully saturated rings. The fourth-order valence-corrected chi connectivity index (χ4v) is 1.26. The first kappa shape index (κ1) is 15.3. The monoisotopic (exact) mass is 293 g/mol. The Hall–Kier alpha value is -1.74. The van der Waals surface area contributed by atoms with Gasteiger partial charge < -0.3 is 9.47 Å². The number of halogens is 7. The number of rotatable bonds is 3. The van der Waals surface area contributed by atoms with Gasteiger partial charge in [-0.3, -0.25) is 0 Å². The normalized spacial score (nSPS) is 12.4. The summed E-state index contributed by atoms with van der Waals surface area (Å²) in [5.74, 6) is -2.14. The zero-order chi connectivity index (χ0) is 14.8. The molecule has 1 heterocycles. The Bertz CT molecular complexity index is 455. The van der Waals surface area contributed by atoms with Crippen molar-refractivity contribution in [1.29, 1.82) is 0 Å². The zero-order valence-electron chi connectivity index (χ0n) is 9.19. The molecule has 1 rings (SSSR count). The van der Waals surface area contributed by atoms with Gasteiger partial charge in [-0.25, -0.2) is 9.37 Å². The van der Waals surface area contributed by atoms with E-state index < -0.39 is 42.0 Å². The van der Waals surface area contributed by atoms with Crippen molar-refractivity contribution < 1.29 is 40.2 Å². The summed E-state index contributed by atoms with van der Waals surface area (Å²) >= 11 is 0. The van der Waals surface area contributed by atoms with Gasteiger partial charge >= 0.3 is 12.5 Å². The van der Waals surface area contributed by atoms with Gasteiger partial charge in [0.05, 0.1) is 18.9 Å². The maximum atomic E-state index is 12.6. The van der Waals surface area contributed by atoms with Crippen LogP contribution in [0.1, 0.15) is 11.3 Å². The maximum absolute atomic E-state index is 12.6. The SMILES string of the molecule is COc1cnc(C(F)(F)F)c(CF)c1OC(F)(F)F. The van der Waals surface area contributed by atoms with Crippen molar-refractivity contribution in [1.82, 2.24) is 4.98 Å². The minimum absolute atomic E-state index is 0.378. The van der Waals surface area contributed by atoms with Gasteiger partial charge in [0.15, 0.2) is 17.2 Å². The minimum atomic E-state index is -5.29. The molecule has 0 spiro atoms. The second-order valence-corrected chi connectivity index (χ2v) is 3.16. The van der Waals surface area contributed by atoms with Crippen LogP contribution in [0.4, 0.5) is 30.7 Å². The van der Waals surface area contributed by atoms with Crippen LogP contribution in [0.15, 0.2) is 6.20 Å². The maximum Gasteiger partial charge on any atom is 0.573 e. The topological polar surface area (TPSA) is 31.4 Å². The molecule has 3 nitrogen and oxygen atoms in total. The van der Waals surface area contributed by atoms with Crippen LogP contribution in [-0.2, 0) is 12.9 Å². The number of methoxy groups -OCH3 is 1. The van der Waals surface area contributed by atoms with Gasteiger partial charge in [-0.1, -0.05) is 0 Å². The average molecular weight is 293 g/mol. The summed E-state index contributed by atoms with van der Waals surface area (Å²) in [5.41, 5.74) is -3.17. The Morgan fingerprint density at radius 3 is 2.11 bits per heavy atom. The van der Waals surface area contributed by atoms with E-state index in [0.717, 1.165) is 7.11 Å². The lowest BCUT2D eigenvalue weighted by molar-refractivity contribution is -0.275. The molecule has 0 unspecified atom stereocenters. The number of alkyl halides is 7. The van der Waals surface area contributed by atoms with Crippen molar-refractivity contribution in [3.05, 3.63) is 17.5 Å². The van der Waals surface area contributed by atoms with Crippen molar-refractivity contribution in [2.24, 2.45) is 0 Å². The van der Waals surface area contributed by atoms with Crippen LogP contribution < -0.4 is 9.47 Å². The predicted molar refractivity (Wildman–Crippen MR) is 47.3 cm³/mol. The lowest BCUT2D eigenvalue weighted by atomic mass is 10.1. The van der Waals surface area contributed by atoms with Crippen LogP contribution in [0.25, 0.3) is 0 Å². The average Bonchev–Trinajstić information content (AvgIpc) is 2.25. The van der Waals surface area contributed by atoms with E-state index in [0.29, 0.717) is 6.20 Å². The molecule has 19 heavy (non-hydrogen) atoms. The predicted octanol–water partition coefficient (Wildman–Crippen LogP) is 3.48. The quantitative estimate of drug-likeness (QED) is 0.800. The Labute approximate surface area is 101 Å². The summed E-state index contributed by atoms with van der Waals surface area (Å²) in [4.78, 5) is 2.84. The number of pyridine rings is 1. The van der Waals surface area contributed by atoms with E-state index in [4.69, 9.17) is 0 Å². The molecule has 0 saturated carbocycles. The fourth-order valence-electron chi connectivity index (χ4n) is 1.26. The third-order valence-corrected chi connectivity index (χ3v) is 1.93. The van der Waals surface area contributed by atoms with Crippen LogP contribution in [0, 0.1) is 0 Å². The number of hydrogen-bond acceptors (Lipinski definition) is 3. The third kappa shape index (κ3) is 3.61. The van der Waals surface area contributed by atoms with E-state index in [1.807, 2.05) is 0 Å². The molecule has 1 aromatic heterocycles. The smallest absolute Gasteiger partial charge is 0.491 e. The molecule has 0 bridgehead atoms. The van der Waals surface area contributed by atoms with Gasteiger partial charge in [0, 0.05) is 0 Å². The highest BCUT2D eigenvalue weighted by atomic mass is 19.4. The van der Waals surface area contributed by atoms with Gasteiger partial charge in [0.2, 0.25) is 0 Å². The van der Waals surface area contributed by atoms with Crippen molar-refractivity contribution in [3.63, 3.8) is 0 Å². The molecule has 0 atom stereocenters.